The van der Waals surface area contributed by atoms with Crippen LogP contribution in [0, 0.1) is 16.7 Å². The van der Waals surface area contributed by atoms with Gasteiger partial charge in [-0.3, -0.25) is 9.69 Å². The number of hydrogen-bond donors (Lipinski definition) is 0. The van der Waals surface area contributed by atoms with Gasteiger partial charge in [-0.15, -0.1) is 0 Å². The highest BCUT2D eigenvalue weighted by Gasteiger charge is 2.36. The van der Waals surface area contributed by atoms with Crippen molar-refractivity contribution in [1.82, 2.24) is 9.80 Å². The fourth-order valence-corrected chi connectivity index (χ4v) is 2.12. The molecule has 1 fully saturated rings. The Balaban J connectivity index is 2.54. The summed E-state index contributed by atoms with van der Waals surface area (Å²) in [6.45, 7) is 10.3. The molecule has 1 amide bonds. The molecule has 4 heteroatoms. The zero-order valence-corrected chi connectivity index (χ0v) is 11.2. The first-order valence-corrected chi connectivity index (χ1v) is 6.50. The first kappa shape index (κ1) is 14.0. The molecule has 1 aliphatic heterocycles. The molecule has 1 atom stereocenters. The molecule has 1 aliphatic rings. The van der Waals surface area contributed by atoms with Crippen molar-refractivity contribution in [2.24, 2.45) is 5.41 Å². The SMILES string of the molecule is CCCN1CCN(C(=O)C(C)(C#N)CC)CC1. The maximum Gasteiger partial charge on any atom is 0.242 e. The molecule has 0 saturated carbocycles. The molecule has 4 nitrogen and oxygen atoms in total. The lowest BCUT2D eigenvalue weighted by atomic mass is 9.87. The van der Waals surface area contributed by atoms with Crippen LogP contribution in [0.4, 0.5) is 0 Å². The third-order valence-corrected chi connectivity index (χ3v) is 3.63. The number of piperazine rings is 1. The van der Waals surface area contributed by atoms with Crippen molar-refractivity contribution in [2.75, 3.05) is 32.7 Å². The number of rotatable bonds is 4. The van der Waals surface area contributed by atoms with Crippen LogP contribution in [0.1, 0.15) is 33.6 Å². The Morgan fingerprint density at radius 3 is 2.29 bits per heavy atom. The van der Waals surface area contributed by atoms with Gasteiger partial charge in [0.25, 0.3) is 0 Å². The minimum absolute atomic E-state index is 0.00125. The predicted octanol–water partition coefficient (Wildman–Crippen LogP) is 1.48. The average Bonchev–Trinajstić information content (AvgIpc) is 2.38. The highest BCUT2D eigenvalue weighted by molar-refractivity contribution is 5.85. The Labute approximate surface area is 104 Å². The molecule has 0 spiro atoms. The van der Waals surface area contributed by atoms with Crippen LogP contribution in [0.15, 0.2) is 0 Å². The van der Waals surface area contributed by atoms with Crippen LogP contribution in [0.5, 0.6) is 0 Å². The highest BCUT2D eigenvalue weighted by Crippen LogP contribution is 2.23. The first-order chi connectivity index (χ1) is 8.07. The normalized spacial score (nSPS) is 20.7. The van der Waals surface area contributed by atoms with Crippen molar-refractivity contribution in [3.63, 3.8) is 0 Å². The van der Waals surface area contributed by atoms with Gasteiger partial charge in [-0.1, -0.05) is 13.8 Å². The zero-order valence-electron chi connectivity index (χ0n) is 11.2. The van der Waals surface area contributed by atoms with Crippen molar-refractivity contribution >= 4 is 5.91 Å². The first-order valence-electron chi connectivity index (χ1n) is 6.50. The molecule has 1 unspecified atom stereocenters. The van der Waals surface area contributed by atoms with Gasteiger partial charge in [0.2, 0.25) is 5.91 Å². The van der Waals surface area contributed by atoms with E-state index in [1.165, 1.54) is 0 Å². The Morgan fingerprint density at radius 2 is 1.88 bits per heavy atom. The lowest BCUT2D eigenvalue weighted by Crippen LogP contribution is -2.52. The molecular formula is C13H23N3O. The number of nitrogens with zero attached hydrogens (tertiary/aromatic N) is 3. The summed E-state index contributed by atoms with van der Waals surface area (Å²) in [5.41, 5.74) is -0.840. The minimum Gasteiger partial charge on any atom is -0.339 e. The number of hydrogen-bond acceptors (Lipinski definition) is 3. The van der Waals surface area contributed by atoms with Crippen LogP contribution in [-0.4, -0.2) is 48.4 Å². The fourth-order valence-electron chi connectivity index (χ4n) is 2.12. The van der Waals surface area contributed by atoms with Gasteiger partial charge >= 0.3 is 0 Å². The summed E-state index contributed by atoms with van der Waals surface area (Å²) < 4.78 is 0. The van der Waals surface area contributed by atoms with E-state index in [0.717, 1.165) is 39.1 Å². The quantitative estimate of drug-likeness (QED) is 0.744. The van der Waals surface area contributed by atoms with E-state index in [2.05, 4.69) is 17.9 Å². The van der Waals surface area contributed by atoms with Crippen LogP contribution >= 0.6 is 0 Å². The molecule has 0 aromatic rings. The van der Waals surface area contributed by atoms with Gasteiger partial charge in [0.15, 0.2) is 0 Å². The maximum atomic E-state index is 12.2. The second-order valence-electron chi connectivity index (χ2n) is 4.93. The molecule has 17 heavy (non-hydrogen) atoms. The van der Waals surface area contributed by atoms with Gasteiger partial charge in [0.1, 0.15) is 5.41 Å². The van der Waals surface area contributed by atoms with Crippen LogP contribution in [0.2, 0.25) is 0 Å². The van der Waals surface area contributed by atoms with Gasteiger partial charge < -0.3 is 4.90 Å². The molecule has 1 saturated heterocycles. The van der Waals surface area contributed by atoms with Crippen molar-refractivity contribution < 1.29 is 4.79 Å². The van der Waals surface area contributed by atoms with Gasteiger partial charge in [0, 0.05) is 26.2 Å². The standard InChI is InChI=1S/C13H23N3O/c1-4-6-15-7-9-16(10-8-15)12(17)13(3,5-2)11-14/h4-10H2,1-3H3. The van der Waals surface area contributed by atoms with Crippen molar-refractivity contribution in [3.05, 3.63) is 0 Å². The van der Waals surface area contributed by atoms with Gasteiger partial charge in [-0.05, 0) is 26.3 Å². The molecule has 1 heterocycles. The van der Waals surface area contributed by atoms with Crippen LogP contribution in [0.25, 0.3) is 0 Å². The van der Waals surface area contributed by atoms with E-state index < -0.39 is 5.41 Å². The fraction of sp³-hybridized carbons (Fsp3) is 0.846. The smallest absolute Gasteiger partial charge is 0.242 e. The number of carbonyl (C=O) groups excluding carboxylic acids is 1. The van der Waals surface area contributed by atoms with E-state index in [1.807, 2.05) is 11.8 Å². The van der Waals surface area contributed by atoms with Crippen molar-refractivity contribution in [3.8, 4) is 6.07 Å². The summed E-state index contributed by atoms with van der Waals surface area (Å²) in [5.74, 6) is -0.00125. The molecule has 0 aromatic carbocycles. The molecule has 1 rings (SSSR count). The molecule has 0 aliphatic carbocycles. The number of nitriles is 1. The van der Waals surface area contributed by atoms with Crippen LogP contribution < -0.4 is 0 Å². The molecule has 0 bridgehead atoms. The summed E-state index contributed by atoms with van der Waals surface area (Å²) in [5, 5.41) is 9.11. The van der Waals surface area contributed by atoms with Crippen LogP contribution in [0.3, 0.4) is 0 Å². The molecule has 0 N–H and O–H groups in total. The van der Waals surface area contributed by atoms with Crippen molar-refractivity contribution in [1.29, 1.82) is 5.26 Å². The lowest BCUT2D eigenvalue weighted by Gasteiger charge is -2.37. The number of amides is 1. The topological polar surface area (TPSA) is 47.3 Å². The summed E-state index contributed by atoms with van der Waals surface area (Å²) in [7, 11) is 0. The minimum atomic E-state index is -0.840. The van der Waals surface area contributed by atoms with Crippen LogP contribution in [-0.2, 0) is 4.79 Å². The zero-order chi connectivity index (χ0) is 12.9. The predicted molar refractivity (Wildman–Crippen MR) is 67.3 cm³/mol. The van der Waals surface area contributed by atoms with Crippen molar-refractivity contribution in [2.45, 2.75) is 33.6 Å². The Morgan fingerprint density at radius 1 is 1.29 bits per heavy atom. The third-order valence-electron chi connectivity index (χ3n) is 3.63. The summed E-state index contributed by atoms with van der Waals surface area (Å²) in [6, 6.07) is 2.16. The second kappa shape index (κ2) is 6.02. The van der Waals surface area contributed by atoms with Gasteiger partial charge in [0.05, 0.1) is 6.07 Å². The van der Waals surface area contributed by atoms with Gasteiger partial charge in [-0.25, -0.2) is 0 Å². The average molecular weight is 237 g/mol. The van der Waals surface area contributed by atoms with E-state index in [1.54, 1.807) is 6.92 Å². The Bertz CT molecular complexity index is 302. The van der Waals surface area contributed by atoms with Gasteiger partial charge in [-0.2, -0.15) is 5.26 Å². The molecule has 0 aromatic heterocycles. The summed E-state index contributed by atoms with van der Waals surface area (Å²) in [4.78, 5) is 16.5. The van der Waals surface area contributed by atoms with E-state index in [-0.39, 0.29) is 5.91 Å². The van der Waals surface area contributed by atoms with E-state index in [4.69, 9.17) is 5.26 Å². The number of carbonyl (C=O) groups is 1. The Hall–Kier alpha value is -1.08. The highest BCUT2D eigenvalue weighted by atomic mass is 16.2. The molecule has 0 radical (unpaired) electrons. The summed E-state index contributed by atoms with van der Waals surface area (Å²) >= 11 is 0. The van der Waals surface area contributed by atoms with E-state index in [9.17, 15) is 4.79 Å². The third kappa shape index (κ3) is 3.19. The van der Waals surface area contributed by atoms with E-state index in [0.29, 0.717) is 6.42 Å². The second-order valence-corrected chi connectivity index (χ2v) is 4.93. The molecular weight excluding hydrogens is 214 g/mol. The lowest BCUT2D eigenvalue weighted by molar-refractivity contribution is -0.140. The largest absolute Gasteiger partial charge is 0.339 e. The summed E-state index contributed by atoms with van der Waals surface area (Å²) in [6.07, 6.45) is 1.73. The van der Waals surface area contributed by atoms with E-state index >= 15 is 0 Å². The monoisotopic (exact) mass is 237 g/mol. The Kier molecular flexibility index (Phi) is 4.95. The maximum absolute atomic E-state index is 12.2. The molecule has 96 valence electrons.